The Bertz CT molecular complexity index is 264. The van der Waals surface area contributed by atoms with Crippen LogP contribution in [0.15, 0.2) is 0 Å². The van der Waals surface area contributed by atoms with Gasteiger partial charge in [0.25, 0.3) is 0 Å². The summed E-state index contributed by atoms with van der Waals surface area (Å²) in [5.74, 6) is 0.549. The van der Waals surface area contributed by atoms with E-state index in [0.717, 1.165) is 6.42 Å². The van der Waals surface area contributed by atoms with Crippen LogP contribution in [0.25, 0.3) is 0 Å². The van der Waals surface area contributed by atoms with Crippen LogP contribution >= 0.6 is 0 Å². The summed E-state index contributed by atoms with van der Waals surface area (Å²) in [5.41, 5.74) is -0.182. The van der Waals surface area contributed by atoms with Gasteiger partial charge in [0, 0.05) is 5.92 Å². The summed E-state index contributed by atoms with van der Waals surface area (Å²) in [6, 6.07) is 0. The summed E-state index contributed by atoms with van der Waals surface area (Å²) in [6.45, 7) is 11.2. The summed E-state index contributed by atoms with van der Waals surface area (Å²) in [5, 5.41) is 0. The third-order valence-electron chi connectivity index (χ3n) is 3.91. The number of ether oxygens (including phenoxy) is 3. The highest BCUT2D eigenvalue weighted by Gasteiger charge is 2.59. The minimum atomic E-state index is -0.182. The first-order valence-electron chi connectivity index (χ1n) is 6.89. The Morgan fingerprint density at radius 3 is 2.47 bits per heavy atom. The van der Waals surface area contributed by atoms with E-state index in [0.29, 0.717) is 18.6 Å². The molecule has 2 bridgehead atoms. The van der Waals surface area contributed by atoms with Crippen LogP contribution in [0.4, 0.5) is 0 Å². The van der Waals surface area contributed by atoms with Crippen molar-refractivity contribution in [2.45, 2.75) is 77.5 Å². The monoisotopic (exact) mass is 242 g/mol. The topological polar surface area (TPSA) is 27.7 Å². The molecule has 0 aromatic heterocycles. The van der Waals surface area contributed by atoms with Crippen LogP contribution in [0.5, 0.6) is 0 Å². The van der Waals surface area contributed by atoms with Crippen LogP contribution in [0.3, 0.4) is 0 Å². The molecule has 3 unspecified atom stereocenters. The van der Waals surface area contributed by atoms with Gasteiger partial charge in [0.2, 0.25) is 0 Å². The molecule has 0 spiro atoms. The maximum Gasteiger partial charge on any atom is 0.118 e. The molecule has 3 nitrogen and oxygen atoms in total. The van der Waals surface area contributed by atoms with E-state index in [1.54, 1.807) is 0 Å². The van der Waals surface area contributed by atoms with Gasteiger partial charge in [0.15, 0.2) is 0 Å². The van der Waals surface area contributed by atoms with Crippen molar-refractivity contribution >= 4 is 0 Å². The molecule has 4 atom stereocenters. The molecule has 0 amide bonds. The van der Waals surface area contributed by atoms with E-state index in [9.17, 15) is 0 Å². The van der Waals surface area contributed by atoms with E-state index in [-0.39, 0.29) is 23.9 Å². The van der Waals surface area contributed by atoms with E-state index >= 15 is 0 Å². The Kier molecular flexibility index (Phi) is 3.81. The van der Waals surface area contributed by atoms with E-state index in [1.165, 1.54) is 6.42 Å². The highest BCUT2D eigenvalue weighted by molar-refractivity contribution is 5.08. The molecule has 0 aromatic carbocycles. The Morgan fingerprint density at radius 2 is 1.94 bits per heavy atom. The van der Waals surface area contributed by atoms with Crippen LogP contribution in [0.2, 0.25) is 0 Å². The molecule has 0 aromatic rings. The fourth-order valence-corrected chi connectivity index (χ4v) is 3.17. The van der Waals surface area contributed by atoms with E-state index in [1.807, 2.05) is 0 Å². The smallest absolute Gasteiger partial charge is 0.118 e. The highest BCUT2D eigenvalue weighted by atomic mass is 16.6. The molecule has 1 saturated carbocycles. The lowest BCUT2D eigenvalue weighted by molar-refractivity contribution is -0.152. The maximum atomic E-state index is 6.16. The van der Waals surface area contributed by atoms with Crippen molar-refractivity contribution in [2.24, 2.45) is 5.92 Å². The third kappa shape index (κ3) is 2.51. The van der Waals surface area contributed by atoms with Crippen LogP contribution in [-0.4, -0.2) is 36.6 Å². The van der Waals surface area contributed by atoms with Crippen molar-refractivity contribution < 1.29 is 14.2 Å². The number of fused-ring (bicyclic) bond motifs is 2. The van der Waals surface area contributed by atoms with Gasteiger partial charge in [-0.25, -0.2) is 0 Å². The van der Waals surface area contributed by atoms with Crippen LogP contribution in [0, 0.1) is 5.92 Å². The van der Waals surface area contributed by atoms with E-state index in [4.69, 9.17) is 14.2 Å². The average molecular weight is 242 g/mol. The Hall–Kier alpha value is -0.120. The number of hydrogen-bond donors (Lipinski definition) is 0. The normalized spacial score (nSPS) is 40.8. The standard InChI is InChI=1S/C14H26O3/c1-9(2)15-8-14-7-6-12(11(5)17-14)13(14)16-10(3)4/h9-13H,6-8H2,1-5H3/t11?,12-,13?,14?/m1/s1. The molecule has 3 heteroatoms. The summed E-state index contributed by atoms with van der Waals surface area (Å²) in [6.07, 6.45) is 3.32. The number of rotatable bonds is 5. The minimum Gasteiger partial charge on any atom is -0.376 e. The third-order valence-corrected chi connectivity index (χ3v) is 3.91. The fraction of sp³-hybridized carbons (Fsp3) is 1.00. The van der Waals surface area contributed by atoms with E-state index < -0.39 is 0 Å². The van der Waals surface area contributed by atoms with Gasteiger partial charge < -0.3 is 14.2 Å². The molecular formula is C14H26O3. The molecule has 0 N–H and O–H groups in total. The van der Waals surface area contributed by atoms with Gasteiger partial charge in [0.1, 0.15) is 5.60 Å². The molecule has 0 radical (unpaired) electrons. The zero-order chi connectivity index (χ0) is 12.6. The summed E-state index contributed by atoms with van der Waals surface area (Å²) >= 11 is 0. The fourth-order valence-electron chi connectivity index (χ4n) is 3.17. The second-order valence-corrected chi connectivity index (χ2v) is 6.06. The second-order valence-electron chi connectivity index (χ2n) is 6.06. The van der Waals surface area contributed by atoms with E-state index in [2.05, 4.69) is 34.6 Å². The zero-order valence-electron chi connectivity index (χ0n) is 11.7. The van der Waals surface area contributed by atoms with Crippen molar-refractivity contribution in [1.82, 2.24) is 0 Å². The molecule has 2 fully saturated rings. The van der Waals surface area contributed by atoms with Crippen LogP contribution in [0.1, 0.15) is 47.5 Å². The summed E-state index contributed by atoms with van der Waals surface area (Å²) in [7, 11) is 0. The lowest BCUT2D eigenvalue weighted by atomic mass is 9.98. The first kappa shape index (κ1) is 13.3. The molecule has 17 heavy (non-hydrogen) atoms. The van der Waals surface area contributed by atoms with Gasteiger partial charge >= 0.3 is 0 Å². The largest absolute Gasteiger partial charge is 0.376 e. The predicted octanol–water partition coefficient (Wildman–Crippen LogP) is 2.77. The lowest BCUT2D eigenvalue weighted by Crippen LogP contribution is -2.44. The zero-order valence-corrected chi connectivity index (χ0v) is 11.7. The van der Waals surface area contributed by atoms with Gasteiger partial charge in [-0.3, -0.25) is 0 Å². The van der Waals surface area contributed by atoms with Gasteiger partial charge in [-0.05, 0) is 47.5 Å². The van der Waals surface area contributed by atoms with Crippen molar-refractivity contribution in [3.8, 4) is 0 Å². The van der Waals surface area contributed by atoms with Crippen molar-refractivity contribution in [2.75, 3.05) is 6.61 Å². The highest BCUT2D eigenvalue weighted by Crippen LogP contribution is 2.50. The first-order chi connectivity index (χ1) is 7.94. The molecule has 1 heterocycles. The van der Waals surface area contributed by atoms with Gasteiger partial charge in [-0.1, -0.05) is 0 Å². The molecule has 2 rings (SSSR count). The Labute approximate surface area is 105 Å². The van der Waals surface area contributed by atoms with Crippen molar-refractivity contribution in [3.05, 3.63) is 0 Å². The SMILES string of the molecule is CC(C)OCC12CC[C@H](C(C)O1)C2OC(C)C. The van der Waals surface area contributed by atoms with Crippen molar-refractivity contribution in [1.29, 1.82) is 0 Å². The quantitative estimate of drug-likeness (QED) is 0.742. The molecule has 1 saturated heterocycles. The van der Waals surface area contributed by atoms with Crippen LogP contribution in [-0.2, 0) is 14.2 Å². The predicted molar refractivity (Wildman–Crippen MR) is 67.1 cm³/mol. The maximum absolute atomic E-state index is 6.16. The van der Waals surface area contributed by atoms with Gasteiger partial charge in [-0.15, -0.1) is 0 Å². The summed E-state index contributed by atoms with van der Waals surface area (Å²) < 4.78 is 18.1. The molecule has 1 aliphatic carbocycles. The average Bonchev–Trinajstić information content (AvgIpc) is 2.67. The molecular weight excluding hydrogens is 216 g/mol. The number of hydrogen-bond acceptors (Lipinski definition) is 3. The molecule has 1 aliphatic heterocycles. The molecule has 2 aliphatic rings. The minimum absolute atomic E-state index is 0.182. The van der Waals surface area contributed by atoms with Crippen molar-refractivity contribution in [3.63, 3.8) is 0 Å². The lowest BCUT2D eigenvalue weighted by Gasteiger charge is -2.33. The second kappa shape index (κ2) is 4.87. The van der Waals surface area contributed by atoms with Gasteiger partial charge in [-0.2, -0.15) is 0 Å². The van der Waals surface area contributed by atoms with Gasteiger partial charge in [0.05, 0.1) is 31.0 Å². The van der Waals surface area contributed by atoms with Crippen LogP contribution < -0.4 is 0 Å². The first-order valence-corrected chi connectivity index (χ1v) is 6.89. The Balaban J connectivity index is 2.07. The Morgan fingerprint density at radius 1 is 1.24 bits per heavy atom. The molecule has 100 valence electrons. The summed E-state index contributed by atoms with van der Waals surface area (Å²) in [4.78, 5) is 0.